The molecule has 0 bridgehead atoms. The Bertz CT molecular complexity index is 204. The van der Waals surface area contributed by atoms with E-state index in [0.717, 1.165) is 18.6 Å². The van der Waals surface area contributed by atoms with Crippen molar-refractivity contribution in [3.8, 4) is 0 Å². The van der Waals surface area contributed by atoms with E-state index in [4.69, 9.17) is 10.8 Å². The predicted octanol–water partition coefficient (Wildman–Crippen LogP) is 1.32. The topological polar surface area (TPSA) is 63.3 Å². The lowest BCUT2D eigenvalue weighted by atomic mass is 9.83. The van der Waals surface area contributed by atoms with E-state index in [2.05, 4.69) is 0 Å². The van der Waals surface area contributed by atoms with E-state index in [1.54, 1.807) is 11.8 Å². The fourth-order valence-electron chi connectivity index (χ4n) is 2.14. The molecule has 1 aliphatic heterocycles. The summed E-state index contributed by atoms with van der Waals surface area (Å²) in [7, 11) is 0. The quantitative estimate of drug-likeness (QED) is 0.726. The maximum absolute atomic E-state index is 11.1. The first-order valence-electron chi connectivity index (χ1n) is 4.69. The molecular formula is C9H17NO2S. The van der Waals surface area contributed by atoms with Gasteiger partial charge in [-0.05, 0) is 12.8 Å². The van der Waals surface area contributed by atoms with Gasteiger partial charge in [-0.1, -0.05) is 13.8 Å². The van der Waals surface area contributed by atoms with Crippen LogP contribution < -0.4 is 5.73 Å². The number of aliphatic carboxylic acids is 1. The standard InChI is InChI=1S/C9H17NO2S/c1-3-9(4-2)7(8(11)12)6(10)5-13-9/h6-7H,3-5,10H2,1-2H3,(H,11,12). The summed E-state index contributed by atoms with van der Waals surface area (Å²) in [4.78, 5) is 11.1. The summed E-state index contributed by atoms with van der Waals surface area (Å²) >= 11 is 1.73. The van der Waals surface area contributed by atoms with Gasteiger partial charge >= 0.3 is 5.97 Å². The lowest BCUT2D eigenvalue weighted by Crippen LogP contribution is -2.43. The van der Waals surface area contributed by atoms with E-state index in [1.165, 1.54) is 0 Å². The average Bonchev–Trinajstić information content (AvgIpc) is 2.43. The highest BCUT2D eigenvalue weighted by atomic mass is 32.2. The fraction of sp³-hybridized carbons (Fsp3) is 0.889. The number of rotatable bonds is 3. The minimum atomic E-state index is -0.735. The van der Waals surface area contributed by atoms with E-state index in [-0.39, 0.29) is 16.7 Å². The molecule has 1 aliphatic rings. The number of carboxylic acid groups (broad SMARTS) is 1. The molecule has 76 valence electrons. The Morgan fingerprint density at radius 2 is 2.15 bits per heavy atom. The second-order valence-electron chi connectivity index (χ2n) is 3.56. The zero-order valence-electron chi connectivity index (χ0n) is 8.12. The van der Waals surface area contributed by atoms with E-state index in [0.29, 0.717) is 0 Å². The van der Waals surface area contributed by atoms with Crippen LogP contribution in [0.4, 0.5) is 0 Å². The molecule has 0 spiro atoms. The molecule has 0 saturated carbocycles. The van der Waals surface area contributed by atoms with Crippen LogP contribution in [-0.4, -0.2) is 27.6 Å². The summed E-state index contributed by atoms with van der Waals surface area (Å²) in [6.45, 7) is 4.09. The molecule has 0 aromatic heterocycles. The normalized spacial score (nSPS) is 31.9. The molecule has 3 N–H and O–H groups in total. The molecule has 2 unspecified atom stereocenters. The van der Waals surface area contributed by atoms with E-state index >= 15 is 0 Å². The first-order valence-corrected chi connectivity index (χ1v) is 5.68. The van der Waals surface area contributed by atoms with Crippen molar-refractivity contribution in [1.82, 2.24) is 0 Å². The van der Waals surface area contributed by atoms with Gasteiger partial charge in [-0.15, -0.1) is 0 Å². The van der Waals surface area contributed by atoms with Crippen molar-refractivity contribution in [2.24, 2.45) is 11.7 Å². The summed E-state index contributed by atoms with van der Waals surface area (Å²) in [6.07, 6.45) is 1.78. The molecule has 2 atom stereocenters. The first kappa shape index (κ1) is 10.9. The summed E-state index contributed by atoms with van der Waals surface area (Å²) in [5.74, 6) is -0.327. The van der Waals surface area contributed by atoms with Crippen molar-refractivity contribution in [3.05, 3.63) is 0 Å². The summed E-state index contributed by atoms with van der Waals surface area (Å²) < 4.78 is -0.120. The monoisotopic (exact) mass is 203 g/mol. The van der Waals surface area contributed by atoms with Gasteiger partial charge in [0.15, 0.2) is 0 Å². The number of hydrogen-bond donors (Lipinski definition) is 2. The SMILES string of the molecule is CCC1(CC)SCC(N)C1C(=O)O. The molecule has 4 heteroatoms. The van der Waals surface area contributed by atoms with Crippen molar-refractivity contribution in [3.63, 3.8) is 0 Å². The number of thioether (sulfide) groups is 1. The summed E-state index contributed by atoms with van der Waals surface area (Å²) in [6, 6.07) is -0.178. The number of nitrogens with two attached hydrogens (primary N) is 1. The third kappa shape index (κ3) is 1.70. The lowest BCUT2D eigenvalue weighted by molar-refractivity contribution is -0.143. The Balaban J connectivity index is 2.90. The molecule has 0 radical (unpaired) electrons. The molecule has 0 aliphatic carbocycles. The Morgan fingerprint density at radius 1 is 1.62 bits per heavy atom. The largest absolute Gasteiger partial charge is 0.481 e. The van der Waals surface area contributed by atoms with Crippen LogP contribution in [0.15, 0.2) is 0 Å². The molecule has 1 rings (SSSR count). The van der Waals surface area contributed by atoms with Gasteiger partial charge in [0, 0.05) is 16.5 Å². The van der Waals surface area contributed by atoms with Crippen LogP contribution in [0.3, 0.4) is 0 Å². The first-order chi connectivity index (χ1) is 6.07. The van der Waals surface area contributed by atoms with Gasteiger partial charge < -0.3 is 10.8 Å². The Labute approximate surface area is 83.1 Å². The van der Waals surface area contributed by atoms with Crippen molar-refractivity contribution in [1.29, 1.82) is 0 Å². The van der Waals surface area contributed by atoms with Crippen LogP contribution in [0, 0.1) is 5.92 Å². The van der Waals surface area contributed by atoms with E-state index < -0.39 is 5.97 Å². The molecule has 0 aromatic rings. The third-order valence-electron chi connectivity index (χ3n) is 3.02. The van der Waals surface area contributed by atoms with Crippen molar-refractivity contribution < 1.29 is 9.90 Å². The minimum Gasteiger partial charge on any atom is -0.481 e. The van der Waals surface area contributed by atoms with Crippen LogP contribution in [0.2, 0.25) is 0 Å². The minimum absolute atomic E-state index is 0.120. The molecular weight excluding hydrogens is 186 g/mol. The zero-order valence-corrected chi connectivity index (χ0v) is 8.93. The lowest BCUT2D eigenvalue weighted by Gasteiger charge is -2.30. The molecule has 1 heterocycles. The van der Waals surface area contributed by atoms with Gasteiger partial charge in [0.2, 0.25) is 0 Å². The Morgan fingerprint density at radius 3 is 2.46 bits per heavy atom. The summed E-state index contributed by atoms with van der Waals surface area (Å²) in [5.41, 5.74) is 5.80. The van der Waals surface area contributed by atoms with Gasteiger partial charge in [-0.2, -0.15) is 11.8 Å². The van der Waals surface area contributed by atoms with Crippen LogP contribution in [0.1, 0.15) is 26.7 Å². The molecule has 0 aromatic carbocycles. The molecule has 3 nitrogen and oxygen atoms in total. The van der Waals surface area contributed by atoms with Crippen LogP contribution in [-0.2, 0) is 4.79 Å². The van der Waals surface area contributed by atoms with Crippen molar-refractivity contribution in [2.45, 2.75) is 37.5 Å². The zero-order chi connectivity index (χ0) is 10.1. The maximum atomic E-state index is 11.1. The maximum Gasteiger partial charge on any atom is 0.309 e. The summed E-state index contributed by atoms with van der Waals surface area (Å²) in [5, 5.41) is 9.09. The highest BCUT2D eigenvalue weighted by Crippen LogP contribution is 2.47. The second-order valence-corrected chi connectivity index (χ2v) is 5.00. The van der Waals surface area contributed by atoms with E-state index in [1.807, 2.05) is 13.8 Å². The average molecular weight is 203 g/mol. The van der Waals surface area contributed by atoms with Crippen LogP contribution >= 0.6 is 11.8 Å². The number of carbonyl (C=O) groups is 1. The highest BCUT2D eigenvalue weighted by Gasteiger charge is 2.49. The van der Waals surface area contributed by atoms with Gasteiger partial charge in [0.25, 0.3) is 0 Å². The predicted molar refractivity (Wildman–Crippen MR) is 54.9 cm³/mol. The Hall–Kier alpha value is -0.220. The highest BCUT2D eigenvalue weighted by molar-refractivity contribution is 8.01. The van der Waals surface area contributed by atoms with Crippen molar-refractivity contribution in [2.75, 3.05) is 5.75 Å². The van der Waals surface area contributed by atoms with Gasteiger partial charge in [0.05, 0.1) is 5.92 Å². The van der Waals surface area contributed by atoms with Crippen LogP contribution in [0.5, 0.6) is 0 Å². The van der Waals surface area contributed by atoms with Crippen molar-refractivity contribution >= 4 is 17.7 Å². The van der Waals surface area contributed by atoms with Crippen LogP contribution in [0.25, 0.3) is 0 Å². The van der Waals surface area contributed by atoms with Gasteiger partial charge in [-0.25, -0.2) is 0 Å². The third-order valence-corrected chi connectivity index (χ3v) is 4.98. The molecule has 1 saturated heterocycles. The van der Waals surface area contributed by atoms with Gasteiger partial charge in [0.1, 0.15) is 0 Å². The fourth-order valence-corrected chi connectivity index (χ4v) is 3.72. The smallest absolute Gasteiger partial charge is 0.309 e. The number of carboxylic acids is 1. The molecule has 0 amide bonds. The Kier molecular flexibility index (Phi) is 3.24. The van der Waals surface area contributed by atoms with Gasteiger partial charge in [-0.3, -0.25) is 4.79 Å². The second kappa shape index (κ2) is 3.88. The molecule has 1 fully saturated rings. The number of hydrogen-bond acceptors (Lipinski definition) is 3. The van der Waals surface area contributed by atoms with E-state index in [9.17, 15) is 4.79 Å². The molecule has 13 heavy (non-hydrogen) atoms.